The summed E-state index contributed by atoms with van der Waals surface area (Å²) in [4.78, 5) is 2.34. The first-order chi connectivity index (χ1) is 27.8. The lowest BCUT2D eigenvalue weighted by Gasteiger charge is -2.26. The van der Waals surface area contributed by atoms with Gasteiger partial charge in [-0.2, -0.15) is 0 Å². The number of anilines is 3. The maximum atomic E-state index is 6.54. The van der Waals surface area contributed by atoms with Crippen molar-refractivity contribution in [2.24, 2.45) is 0 Å². The van der Waals surface area contributed by atoms with Crippen LogP contribution in [-0.4, -0.2) is 4.57 Å². The molecule has 0 N–H and O–H groups in total. The molecule has 3 aromatic heterocycles. The SMILES string of the molecule is c1ccc(N(c2ccc(-c3ccc4c(c3)oc3ccc5c(ccc6oc7ccccc7c65)c34)cc2)c2ccc3c(c2)c2ccccc2n3-c2ccccc2)cc1. The highest BCUT2D eigenvalue weighted by Gasteiger charge is 2.19. The molecule has 0 spiro atoms. The Hall–Kier alpha value is -7.56. The van der Waals surface area contributed by atoms with Gasteiger partial charge < -0.3 is 18.3 Å². The van der Waals surface area contributed by atoms with Gasteiger partial charge in [0.15, 0.2) is 0 Å². The molecule has 0 aliphatic rings. The summed E-state index contributed by atoms with van der Waals surface area (Å²) in [6, 6.07) is 69.0. The summed E-state index contributed by atoms with van der Waals surface area (Å²) in [7, 11) is 0. The number of benzene rings is 9. The molecule has 0 fully saturated rings. The molecule has 0 saturated heterocycles. The fourth-order valence-corrected chi connectivity index (χ4v) is 8.87. The predicted molar refractivity (Wildman–Crippen MR) is 233 cm³/mol. The van der Waals surface area contributed by atoms with Crippen LogP contribution in [0.1, 0.15) is 0 Å². The zero-order chi connectivity index (χ0) is 36.7. The van der Waals surface area contributed by atoms with Crippen LogP contribution in [0.4, 0.5) is 17.1 Å². The summed E-state index contributed by atoms with van der Waals surface area (Å²) >= 11 is 0. The molecule has 0 aliphatic carbocycles. The normalized spacial score (nSPS) is 11.9. The molecule has 0 radical (unpaired) electrons. The topological polar surface area (TPSA) is 34.5 Å². The molecular formula is C52H32N2O2. The van der Waals surface area contributed by atoms with E-state index in [4.69, 9.17) is 8.83 Å². The van der Waals surface area contributed by atoms with Crippen LogP contribution in [0.5, 0.6) is 0 Å². The minimum absolute atomic E-state index is 0.875. The second-order valence-electron chi connectivity index (χ2n) is 14.5. The second kappa shape index (κ2) is 12.0. The third-order valence-corrected chi connectivity index (χ3v) is 11.4. The highest BCUT2D eigenvalue weighted by molar-refractivity contribution is 6.27. The predicted octanol–water partition coefficient (Wildman–Crippen LogP) is 14.9. The van der Waals surface area contributed by atoms with Gasteiger partial charge in [0, 0.05) is 55.1 Å². The fraction of sp³-hybridized carbons (Fsp3) is 0. The summed E-state index contributed by atoms with van der Waals surface area (Å²) in [5.41, 5.74) is 12.6. The highest BCUT2D eigenvalue weighted by atomic mass is 16.3. The van der Waals surface area contributed by atoms with E-state index in [0.29, 0.717) is 0 Å². The minimum atomic E-state index is 0.875. The van der Waals surface area contributed by atoms with E-state index in [0.717, 1.165) is 77.8 Å². The molecule has 0 aliphatic heterocycles. The summed E-state index contributed by atoms with van der Waals surface area (Å²) in [5, 5.41) is 9.31. The van der Waals surface area contributed by atoms with Crippen molar-refractivity contribution >= 4 is 93.5 Å². The number of rotatable bonds is 5. The molecule has 0 bridgehead atoms. The molecule has 4 heteroatoms. The van der Waals surface area contributed by atoms with Crippen LogP contribution in [-0.2, 0) is 0 Å². The molecule has 3 heterocycles. The molecule has 0 amide bonds. The number of hydrogen-bond donors (Lipinski definition) is 0. The largest absolute Gasteiger partial charge is 0.456 e. The Morgan fingerprint density at radius 2 is 0.875 bits per heavy atom. The van der Waals surface area contributed by atoms with Crippen molar-refractivity contribution in [3.63, 3.8) is 0 Å². The van der Waals surface area contributed by atoms with Gasteiger partial charge in [0.05, 0.1) is 11.0 Å². The molecule has 12 rings (SSSR count). The number of furan rings is 2. The Bertz CT molecular complexity index is 3460. The first-order valence-electron chi connectivity index (χ1n) is 19.0. The summed E-state index contributed by atoms with van der Waals surface area (Å²) in [6.07, 6.45) is 0. The van der Waals surface area contributed by atoms with Crippen molar-refractivity contribution in [3.8, 4) is 16.8 Å². The van der Waals surface area contributed by atoms with Gasteiger partial charge in [-0.05, 0) is 125 Å². The minimum Gasteiger partial charge on any atom is -0.456 e. The van der Waals surface area contributed by atoms with Crippen LogP contribution < -0.4 is 4.90 Å². The van der Waals surface area contributed by atoms with Crippen LogP contribution in [0.3, 0.4) is 0 Å². The summed E-state index contributed by atoms with van der Waals surface area (Å²) < 4.78 is 15.1. The lowest BCUT2D eigenvalue weighted by Crippen LogP contribution is -2.09. The lowest BCUT2D eigenvalue weighted by atomic mass is 9.98. The monoisotopic (exact) mass is 716 g/mol. The average Bonchev–Trinajstić information content (AvgIpc) is 3.94. The zero-order valence-electron chi connectivity index (χ0n) is 30.2. The van der Waals surface area contributed by atoms with E-state index in [1.165, 1.54) is 32.6 Å². The van der Waals surface area contributed by atoms with Crippen LogP contribution >= 0.6 is 0 Å². The highest BCUT2D eigenvalue weighted by Crippen LogP contribution is 2.43. The molecule has 9 aromatic carbocycles. The van der Waals surface area contributed by atoms with Crippen LogP contribution in [0.25, 0.3) is 93.3 Å². The number of aromatic nitrogens is 1. The maximum Gasteiger partial charge on any atom is 0.136 e. The van der Waals surface area contributed by atoms with Crippen molar-refractivity contribution in [2.45, 2.75) is 0 Å². The van der Waals surface area contributed by atoms with Gasteiger partial charge in [0.25, 0.3) is 0 Å². The summed E-state index contributed by atoms with van der Waals surface area (Å²) in [6.45, 7) is 0. The summed E-state index contributed by atoms with van der Waals surface area (Å²) in [5.74, 6) is 0. The second-order valence-corrected chi connectivity index (χ2v) is 14.5. The standard InChI is InChI=1S/C52H32N2O2/c1-3-11-35(12-4-1)53(38-24-28-46-44(32-38)39-15-7-9-17-45(39)54(46)36-13-5-2-6-14-36)37-22-19-33(20-23-37)34-21-25-43-50(31-34)56-49-30-27-40-41(52(43)49)26-29-48-51(40)42-16-8-10-18-47(42)55-48/h1-32H. The average molecular weight is 717 g/mol. The molecule has 4 nitrogen and oxygen atoms in total. The third-order valence-electron chi connectivity index (χ3n) is 11.4. The van der Waals surface area contributed by atoms with Crippen LogP contribution in [0.15, 0.2) is 203 Å². The van der Waals surface area contributed by atoms with Gasteiger partial charge in [0.1, 0.15) is 22.3 Å². The van der Waals surface area contributed by atoms with Crippen LogP contribution in [0, 0.1) is 0 Å². The molecule has 0 unspecified atom stereocenters. The van der Waals surface area contributed by atoms with Crippen molar-refractivity contribution in [1.82, 2.24) is 4.57 Å². The molecule has 0 saturated carbocycles. The molecule has 12 aromatic rings. The number of hydrogen-bond acceptors (Lipinski definition) is 3. The van der Waals surface area contributed by atoms with E-state index in [1.807, 2.05) is 12.1 Å². The van der Waals surface area contributed by atoms with E-state index in [1.54, 1.807) is 0 Å². The Balaban J connectivity index is 0.952. The van der Waals surface area contributed by atoms with Crippen molar-refractivity contribution in [1.29, 1.82) is 0 Å². The fourth-order valence-electron chi connectivity index (χ4n) is 8.87. The number of para-hydroxylation sites is 4. The van der Waals surface area contributed by atoms with E-state index in [2.05, 4.69) is 191 Å². The van der Waals surface area contributed by atoms with E-state index in [9.17, 15) is 0 Å². The Morgan fingerprint density at radius 1 is 0.321 bits per heavy atom. The zero-order valence-corrected chi connectivity index (χ0v) is 30.2. The number of fused-ring (bicyclic) bond motifs is 12. The van der Waals surface area contributed by atoms with Gasteiger partial charge in [-0.15, -0.1) is 0 Å². The van der Waals surface area contributed by atoms with Crippen molar-refractivity contribution in [2.75, 3.05) is 4.90 Å². The lowest BCUT2D eigenvalue weighted by molar-refractivity contribution is 0.668. The number of nitrogens with zero attached hydrogens (tertiary/aromatic N) is 2. The molecule has 56 heavy (non-hydrogen) atoms. The Morgan fingerprint density at radius 3 is 1.64 bits per heavy atom. The van der Waals surface area contributed by atoms with Gasteiger partial charge in [-0.25, -0.2) is 0 Å². The van der Waals surface area contributed by atoms with E-state index in [-0.39, 0.29) is 0 Å². The third kappa shape index (κ3) is 4.60. The first-order valence-corrected chi connectivity index (χ1v) is 19.0. The molecule has 0 atom stereocenters. The Labute approximate surface area is 321 Å². The van der Waals surface area contributed by atoms with E-state index < -0.39 is 0 Å². The van der Waals surface area contributed by atoms with Crippen LogP contribution in [0.2, 0.25) is 0 Å². The molecular weight excluding hydrogens is 685 g/mol. The van der Waals surface area contributed by atoms with Crippen molar-refractivity contribution < 1.29 is 8.83 Å². The van der Waals surface area contributed by atoms with Gasteiger partial charge in [-0.1, -0.05) is 91.0 Å². The van der Waals surface area contributed by atoms with E-state index >= 15 is 0 Å². The maximum absolute atomic E-state index is 6.54. The van der Waals surface area contributed by atoms with Gasteiger partial charge >= 0.3 is 0 Å². The van der Waals surface area contributed by atoms with Gasteiger partial charge in [0.2, 0.25) is 0 Å². The Kier molecular flexibility index (Phi) is 6.60. The molecule has 262 valence electrons. The van der Waals surface area contributed by atoms with Crippen molar-refractivity contribution in [3.05, 3.63) is 194 Å². The van der Waals surface area contributed by atoms with Gasteiger partial charge in [-0.3, -0.25) is 0 Å². The quantitative estimate of drug-likeness (QED) is 0.178. The smallest absolute Gasteiger partial charge is 0.136 e. The first kappa shape index (κ1) is 30.9.